The summed E-state index contributed by atoms with van der Waals surface area (Å²) >= 11 is 0. The molecule has 1 aliphatic rings. The molecule has 0 saturated carbocycles. The van der Waals surface area contributed by atoms with Crippen molar-refractivity contribution in [1.82, 2.24) is 4.90 Å². The van der Waals surface area contributed by atoms with Crippen molar-refractivity contribution in [2.24, 2.45) is 5.92 Å². The fraction of sp³-hybridized carbons (Fsp3) is 0.462. The molecule has 0 aliphatic carbocycles. The summed E-state index contributed by atoms with van der Waals surface area (Å²) in [6.45, 7) is 0.854. The summed E-state index contributed by atoms with van der Waals surface area (Å²) in [6.07, 6.45) is -0.292. The number of nitrogens with zero attached hydrogens (tertiary/aromatic N) is 1. The summed E-state index contributed by atoms with van der Waals surface area (Å²) in [5, 5.41) is 9.02. The van der Waals surface area contributed by atoms with Gasteiger partial charge >= 0.3 is 5.97 Å². The van der Waals surface area contributed by atoms with Crippen LogP contribution in [-0.2, 0) is 4.79 Å². The number of ether oxygens (including phenoxy) is 1. The van der Waals surface area contributed by atoms with Crippen LogP contribution in [0, 0.1) is 17.6 Å². The van der Waals surface area contributed by atoms with Gasteiger partial charge in [-0.25, -0.2) is 8.78 Å². The molecule has 0 bridgehead atoms. The smallest absolute Gasteiger partial charge is 0.307 e. The molecule has 2 atom stereocenters. The lowest BCUT2D eigenvalue weighted by atomic mass is 9.96. The first-order chi connectivity index (χ1) is 8.97. The number of piperidine rings is 1. The van der Waals surface area contributed by atoms with Crippen LogP contribution in [0.15, 0.2) is 18.2 Å². The highest BCUT2D eigenvalue weighted by Gasteiger charge is 2.32. The lowest BCUT2D eigenvalue weighted by Crippen LogP contribution is -2.46. The number of benzene rings is 1. The molecule has 1 N–H and O–H groups in total. The van der Waals surface area contributed by atoms with E-state index in [2.05, 4.69) is 0 Å². The second-order valence-electron chi connectivity index (χ2n) is 4.78. The Labute approximate surface area is 109 Å². The van der Waals surface area contributed by atoms with Crippen LogP contribution in [0.5, 0.6) is 5.75 Å². The third kappa shape index (κ3) is 3.20. The Morgan fingerprint density at radius 2 is 2.00 bits per heavy atom. The Kier molecular flexibility index (Phi) is 3.99. The van der Waals surface area contributed by atoms with Crippen LogP contribution >= 0.6 is 0 Å². The molecule has 1 aromatic rings. The van der Waals surface area contributed by atoms with Crippen molar-refractivity contribution in [3.05, 3.63) is 29.8 Å². The Morgan fingerprint density at radius 1 is 1.37 bits per heavy atom. The third-order valence-corrected chi connectivity index (χ3v) is 3.15. The van der Waals surface area contributed by atoms with Crippen LogP contribution in [0.2, 0.25) is 0 Å². The molecule has 1 heterocycles. The number of hydrogen-bond acceptors (Lipinski definition) is 3. The van der Waals surface area contributed by atoms with E-state index in [1.54, 1.807) is 11.9 Å². The fourth-order valence-electron chi connectivity index (χ4n) is 2.29. The van der Waals surface area contributed by atoms with Crippen molar-refractivity contribution < 1.29 is 23.4 Å². The number of carboxylic acid groups (broad SMARTS) is 1. The van der Waals surface area contributed by atoms with E-state index in [1.807, 2.05) is 0 Å². The average molecular weight is 271 g/mol. The Balaban J connectivity index is 2.12. The highest BCUT2D eigenvalue weighted by Crippen LogP contribution is 2.26. The molecule has 104 valence electrons. The van der Waals surface area contributed by atoms with E-state index in [-0.39, 0.29) is 6.42 Å². The molecule has 0 spiro atoms. The van der Waals surface area contributed by atoms with E-state index in [0.717, 1.165) is 12.1 Å². The van der Waals surface area contributed by atoms with Gasteiger partial charge in [-0.1, -0.05) is 6.07 Å². The molecule has 6 heteroatoms. The summed E-state index contributed by atoms with van der Waals surface area (Å²) in [5.74, 6) is -3.50. The Hall–Kier alpha value is -1.69. The van der Waals surface area contributed by atoms with E-state index >= 15 is 0 Å². The summed E-state index contributed by atoms with van der Waals surface area (Å²) < 4.78 is 32.2. The molecule has 1 fully saturated rings. The van der Waals surface area contributed by atoms with Gasteiger partial charge in [0.25, 0.3) is 0 Å². The minimum atomic E-state index is -0.922. The molecular formula is C13H15F2NO3. The fourth-order valence-corrected chi connectivity index (χ4v) is 2.29. The van der Waals surface area contributed by atoms with Gasteiger partial charge in [-0.15, -0.1) is 0 Å². The van der Waals surface area contributed by atoms with Gasteiger partial charge in [0.1, 0.15) is 6.10 Å². The second-order valence-corrected chi connectivity index (χ2v) is 4.78. The number of likely N-dealkylation sites (N-methyl/N-ethyl adjacent to an activating group) is 1. The quantitative estimate of drug-likeness (QED) is 0.910. The summed E-state index contributed by atoms with van der Waals surface area (Å²) in [7, 11) is 1.75. The van der Waals surface area contributed by atoms with Crippen LogP contribution < -0.4 is 4.74 Å². The van der Waals surface area contributed by atoms with Crippen LogP contribution in [0.4, 0.5) is 8.78 Å². The first-order valence-electron chi connectivity index (χ1n) is 5.99. The Bertz CT molecular complexity index is 461. The van der Waals surface area contributed by atoms with Crippen LogP contribution in [0.25, 0.3) is 0 Å². The maximum Gasteiger partial charge on any atom is 0.307 e. The van der Waals surface area contributed by atoms with Gasteiger partial charge in [-0.05, 0) is 19.2 Å². The molecule has 2 unspecified atom stereocenters. The largest absolute Gasteiger partial charge is 0.483 e. The maximum atomic E-state index is 13.5. The van der Waals surface area contributed by atoms with Crippen molar-refractivity contribution >= 4 is 5.97 Å². The topological polar surface area (TPSA) is 49.8 Å². The summed E-state index contributed by atoms with van der Waals surface area (Å²) in [5.41, 5.74) is 0. The van der Waals surface area contributed by atoms with Gasteiger partial charge in [0.15, 0.2) is 17.4 Å². The number of carbonyl (C=O) groups is 1. The zero-order valence-corrected chi connectivity index (χ0v) is 10.5. The lowest BCUT2D eigenvalue weighted by molar-refractivity contribution is -0.144. The van der Waals surface area contributed by atoms with E-state index in [1.165, 1.54) is 6.07 Å². The van der Waals surface area contributed by atoms with Crippen LogP contribution in [0.3, 0.4) is 0 Å². The van der Waals surface area contributed by atoms with Crippen molar-refractivity contribution in [3.8, 4) is 5.75 Å². The minimum Gasteiger partial charge on any atom is -0.483 e. The van der Waals surface area contributed by atoms with Gasteiger partial charge < -0.3 is 14.7 Å². The van der Waals surface area contributed by atoms with Gasteiger partial charge in [0.2, 0.25) is 0 Å². The molecule has 19 heavy (non-hydrogen) atoms. The van der Waals surface area contributed by atoms with Crippen LogP contribution in [0.1, 0.15) is 6.42 Å². The summed E-state index contributed by atoms with van der Waals surface area (Å²) in [4.78, 5) is 12.8. The van der Waals surface area contributed by atoms with E-state index in [0.29, 0.717) is 13.1 Å². The second kappa shape index (κ2) is 5.52. The molecule has 0 aromatic heterocycles. The van der Waals surface area contributed by atoms with Gasteiger partial charge in [0, 0.05) is 19.5 Å². The normalized spacial score (nSPS) is 24.2. The van der Waals surface area contributed by atoms with Crippen molar-refractivity contribution in [2.75, 3.05) is 20.1 Å². The maximum absolute atomic E-state index is 13.5. The number of aliphatic carboxylic acids is 1. The van der Waals surface area contributed by atoms with Gasteiger partial charge in [0.05, 0.1) is 5.92 Å². The SMILES string of the molecule is CN1CC(Oc2c(F)cccc2F)CC(C(=O)O)C1. The Morgan fingerprint density at radius 3 is 2.58 bits per heavy atom. The molecule has 0 amide bonds. The van der Waals surface area contributed by atoms with E-state index in [9.17, 15) is 13.6 Å². The molecule has 4 nitrogen and oxygen atoms in total. The summed E-state index contributed by atoms with van der Waals surface area (Å²) in [6, 6.07) is 3.48. The predicted molar refractivity (Wildman–Crippen MR) is 64.0 cm³/mol. The number of carboxylic acids is 1. The first kappa shape index (κ1) is 13.7. The zero-order valence-electron chi connectivity index (χ0n) is 10.5. The average Bonchev–Trinajstić information content (AvgIpc) is 2.33. The molecule has 1 aliphatic heterocycles. The van der Waals surface area contributed by atoms with Gasteiger partial charge in [-0.2, -0.15) is 0 Å². The zero-order chi connectivity index (χ0) is 14.0. The molecule has 2 rings (SSSR count). The molecule has 1 saturated heterocycles. The number of rotatable bonds is 3. The number of likely N-dealkylation sites (tertiary alicyclic amines) is 1. The molecule has 0 radical (unpaired) electrons. The highest BCUT2D eigenvalue weighted by atomic mass is 19.1. The van der Waals surface area contributed by atoms with E-state index < -0.39 is 35.4 Å². The lowest BCUT2D eigenvalue weighted by Gasteiger charge is -2.33. The van der Waals surface area contributed by atoms with Crippen molar-refractivity contribution in [3.63, 3.8) is 0 Å². The van der Waals surface area contributed by atoms with Crippen LogP contribution in [-0.4, -0.2) is 42.2 Å². The predicted octanol–water partition coefficient (Wildman–Crippen LogP) is 1.75. The monoisotopic (exact) mass is 271 g/mol. The molecule has 1 aromatic carbocycles. The van der Waals surface area contributed by atoms with E-state index in [4.69, 9.17) is 9.84 Å². The van der Waals surface area contributed by atoms with Gasteiger partial charge in [-0.3, -0.25) is 4.79 Å². The molecular weight excluding hydrogens is 256 g/mol. The standard InChI is InChI=1S/C13H15F2NO3/c1-16-6-8(13(17)18)5-9(7-16)19-12-10(14)3-2-4-11(12)15/h2-4,8-9H,5-7H2,1H3,(H,17,18). The minimum absolute atomic E-state index is 0.243. The number of hydrogen-bond donors (Lipinski definition) is 1. The first-order valence-corrected chi connectivity index (χ1v) is 5.99. The number of para-hydroxylation sites is 1. The van der Waals surface area contributed by atoms with Crippen molar-refractivity contribution in [2.45, 2.75) is 12.5 Å². The third-order valence-electron chi connectivity index (χ3n) is 3.15. The number of halogens is 2. The highest BCUT2D eigenvalue weighted by molar-refractivity contribution is 5.70. The van der Waals surface area contributed by atoms with Crippen molar-refractivity contribution in [1.29, 1.82) is 0 Å².